The Kier molecular flexibility index (Phi) is 5.25. The van der Waals surface area contributed by atoms with E-state index in [4.69, 9.17) is 9.97 Å². The van der Waals surface area contributed by atoms with Crippen molar-refractivity contribution in [2.75, 3.05) is 14.1 Å². The van der Waals surface area contributed by atoms with E-state index >= 15 is 0 Å². The Morgan fingerprint density at radius 3 is 1.16 bits per heavy atom. The van der Waals surface area contributed by atoms with Crippen molar-refractivity contribution in [2.24, 2.45) is 0 Å². The highest BCUT2D eigenvalue weighted by molar-refractivity contribution is 5.78. The molecule has 0 aliphatic carbocycles. The van der Waals surface area contributed by atoms with Gasteiger partial charge in [-0.1, -0.05) is 12.2 Å². The second kappa shape index (κ2) is 8.92. The summed E-state index contributed by atoms with van der Waals surface area (Å²) >= 11 is 0. The zero-order chi connectivity index (χ0) is 25.6. The number of likely N-dealkylation sites (N-methyl/N-ethyl adjacent to an activating group) is 2. The highest BCUT2D eigenvalue weighted by Gasteiger charge is 2.18. The zero-order valence-electron chi connectivity index (χ0n) is 21.4. The van der Waals surface area contributed by atoms with Crippen molar-refractivity contribution in [3.63, 3.8) is 0 Å². The Balaban J connectivity index is 1.52. The lowest BCUT2D eigenvalue weighted by Gasteiger charge is -2.29. The van der Waals surface area contributed by atoms with Gasteiger partial charge in [-0.3, -0.25) is 0 Å². The molecule has 3 aromatic rings. The molecule has 0 fully saturated rings. The van der Waals surface area contributed by atoms with Gasteiger partial charge in [0.25, 0.3) is 0 Å². The highest BCUT2D eigenvalue weighted by atomic mass is 15.3. The molecular formula is C32H28N6. The molecule has 4 aliphatic heterocycles. The van der Waals surface area contributed by atoms with E-state index in [2.05, 4.69) is 155 Å². The van der Waals surface area contributed by atoms with E-state index in [-0.39, 0.29) is 12.3 Å². The van der Waals surface area contributed by atoms with Crippen LogP contribution in [0.3, 0.4) is 0 Å². The molecular weight excluding hydrogens is 468 g/mol. The average Bonchev–Trinajstić information content (AvgIpc) is 3.70. The summed E-state index contributed by atoms with van der Waals surface area (Å²) < 4.78 is 4.66. The molecule has 186 valence electrons. The van der Waals surface area contributed by atoms with Crippen LogP contribution in [-0.2, 0) is 0 Å². The maximum absolute atomic E-state index is 4.97. The van der Waals surface area contributed by atoms with Crippen LogP contribution in [0.15, 0.2) is 97.4 Å². The van der Waals surface area contributed by atoms with Crippen LogP contribution in [0.4, 0.5) is 0 Å². The van der Waals surface area contributed by atoms with Gasteiger partial charge in [0.15, 0.2) is 0 Å². The molecule has 0 aromatic carbocycles. The van der Waals surface area contributed by atoms with E-state index in [1.165, 1.54) is 0 Å². The van der Waals surface area contributed by atoms with Crippen molar-refractivity contribution in [3.05, 3.63) is 120 Å². The monoisotopic (exact) mass is 496 g/mol. The number of rotatable bonds is 2. The summed E-state index contributed by atoms with van der Waals surface area (Å²) in [5.41, 5.74) is 8.10. The first-order chi connectivity index (χ1) is 18.6. The Labute approximate surface area is 221 Å². The molecule has 0 N–H and O–H groups in total. The Morgan fingerprint density at radius 2 is 0.842 bits per heavy atom. The predicted octanol–water partition coefficient (Wildman–Crippen LogP) is 6.63. The molecule has 7 heterocycles. The summed E-state index contributed by atoms with van der Waals surface area (Å²) in [7, 11) is 4.20. The average molecular weight is 497 g/mol. The molecule has 0 spiro atoms. The van der Waals surface area contributed by atoms with Crippen LogP contribution in [0.5, 0.6) is 0 Å². The molecule has 6 nitrogen and oxygen atoms in total. The standard InChI is InChI=1S/C32H28N6/c1-35-17-5-3-7-31(35)37-27-13-14-28(37)20-24-10-12-26(34-24)22-30-16-15-29(21-25-11-9-23(19-27)33-25)38(30)32-8-4-6-18-36(32)2/h3-22,31-32H,1-2H3. The van der Waals surface area contributed by atoms with E-state index in [0.29, 0.717) is 0 Å². The molecule has 0 saturated heterocycles. The highest BCUT2D eigenvalue weighted by Crippen LogP contribution is 2.28. The van der Waals surface area contributed by atoms with Crippen molar-refractivity contribution >= 4 is 46.4 Å². The van der Waals surface area contributed by atoms with Crippen molar-refractivity contribution in [3.8, 4) is 0 Å². The molecule has 0 radical (unpaired) electrons. The first kappa shape index (κ1) is 22.4. The SMILES string of the molecule is CN1C=CC=CC1n1c2ccc1cc1nc(cc3ccc(cc4nc(c2)C=C4)n3C2C=CC=CN2C)C=C1. The fourth-order valence-electron chi connectivity index (χ4n) is 5.44. The number of aromatic nitrogens is 4. The van der Waals surface area contributed by atoms with Gasteiger partial charge < -0.3 is 18.9 Å². The molecule has 2 unspecified atom stereocenters. The summed E-state index contributed by atoms with van der Waals surface area (Å²) in [5, 5.41) is 0. The number of hydrogen-bond donors (Lipinski definition) is 0. The lowest BCUT2D eigenvalue weighted by molar-refractivity contribution is 0.312. The summed E-state index contributed by atoms with van der Waals surface area (Å²) in [6.07, 6.45) is 25.4. The molecule has 6 heteroatoms. The first-order valence-corrected chi connectivity index (χ1v) is 12.9. The van der Waals surface area contributed by atoms with Crippen molar-refractivity contribution < 1.29 is 0 Å². The second-order valence-corrected chi connectivity index (χ2v) is 9.88. The van der Waals surface area contributed by atoms with Crippen LogP contribution in [0.1, 0.15) is 35.1 Å². The van der Waals surface area contributed by atoms with E-state index in [9.17, 15) is 0 Å². The first-order valence-electron chi connectivity index (χ1n) is 12.9. The van der Waals surface area contributed by atoms with E-state index in [1.54, 1.807) is 0 Å². The Hall–Kier alpha value is -4.84. The third-order valence-electron chi connectivity index (χ3n) is 7.31. The van der Waals surface area contributed by atoms with Gasteiger partial charge >= 0.3 is 0 Å². The predicted molar refractivity (Wildman–Crippen MR) is 156 cm³/mol. The van der Waals surface area contributed by atoms with Gasteiger partial charge in [0.2, 0.25) is 0 Å². The topological polar surface area (TPSA) is 42.1 Å². The number of fused-ring (bicyclic) bond motifs is 8. The van der Waals surface area contributed by atoms with Gasteiger partial charge in [-0.05, 0) is 97.1 Å². The fraction of sp³-hybridized carbons (Fsp3) is 0.125. The maximum atomic E-state index is 4.97. The van der Waals surface area contributed by atoms with Gasteiger partial charge in [0, 0.05) is 48.6 Å². The van der Waals surface area contributed by atoms with Crippen LogP contribution in [-0.4, -0.2) is 43.0 Å². The van der Waals surface area contributed by atoms with Gasteiger partial charge in [0.1, 0.15) is 12.3 Å². The van der Waals surface area contributed by atoms with Gasteiger partial charge in [-0.25, -0.2) is 9.97 Å². The van der Waals surface area contributed by atoms with E-state index in [0.717, 1.165) is 44.8 Å². The number of hydrogen-bond acceptors (Lipinski definition) is 4. The lowest BCUT2D eigenvalue weighted by Crippen LogP contribution is -2.24. The molecule has 38 heavy (non-hydrogen) atoms. The fourth-order valence-corrected chi connectivity index (χ4v) is 5.44. The van der Waals surface area contributed by atoms with Crippen molar-refractivity contribution in [1.82, 2.24) is 28.9 Å². The van der Waals surface area contributed by atoms with Crippen LogP contribution >= 0.6 is 0 Å². The van der Waals surface area contributed by atoms with Crippen LogP contribution in [0.2, 0.25) is 0 Å². The summed E-state index contributed by atoms with van der Waals surface area (Å²) in [4.78, 5) is 14.3. The molecule has 8 bridgehead atoms. The quantitative estimate of drug-likeness (QED) is 0.275. The molecule has 7 rings (SSSR count). The third kappa shape index (κ3) is 3.91. The maximum Gasteiger partial charge on any atom is 0.125 e. The number of nitrogens with zero attached hydrogens (tertiary/aromatic N) is 6. The van der Waals surface area contributed by atoms with Crippen molar-refractivity contribution in [1.29, 1.82) is 0 Å². The number of allylic oxidation sites excluding steroid dienone is 4. The Bertz CT molecular complexity index is 1560. The van der Waals surface area contributed by atoms with Crippen LogP contribution < -0.4 is 0 Å². The van der Waals surface area contributed by atoms with Gasteiger partial charge in [-0.15, -0.1) is 0 Å². The van der Waals surface area contributed by atoms with Crippen LogP contribution in [0, 0.1) is 0 Å². The second-order valence-electron chi connectivity index (χ2n) is 9.88. The summed E-state index contributed by atoms with van der Waals surface area (Å²) in [5.74, 6) is 0. The van der Waals surface area contributed by atoms with E-state index in [1.807, 2.05) is 0 Å². The van der Waals surface area contributed by atoms with Gasteiger partial charge in [0.05, 0.1) is 22.8 Å². The van der Waals surface area contributed by atoms with Crippen molar-refractivity contribution in [2.45, 2.75) is 12.3 Å². The normalized spacial score (nSPS) is 19.6. The lowest BCUT2D eigenvalue weighted by atomic mass is 10.2. The third-order valence-corrected chi connectivity index (χ3v) is 7.31. The summed E-state index contributed by atoms with van der Waals surface area (Å²) in [6.45, 7) is 0. The summed E-state index contributed by atoms with van der Waals surface area (Å²) in [6, 6.07) is 17.3. The molecule has 4 aliphatic rings. The Morgan fingerprint density at radius 1 is 0.500 bits per heavy atom. The largest absolute Gasteiger partial charge is 0.357 e. The van der Waals surface area contributed by atoms with Gasteiger partial charge in [-0.2, -0.15) is 0 Å². The molecule has 0 saturated carbocycles. The molecule has 3 aromatic heterocycles. The smallest absolute Gasteiger partial charge is 0.125 e. The minimum Gasteiger partial charge on any atom is -0.357 e. The minimum absolute atomic E-state index is 0.0580. The zero-order valence-corrected chi connectivity index (χ0v) is 21.4. The molecule has 2 atom stereocenters. The molecule has 0 amide bonds. The van der Waals surface area contributed by atoms with Crippen LogP contribution in [0.25, 0.3) is 46.4 Å². The minimum atomic E-state index is 0.0580. The van der Waals surface area contributed by atoms with E-state index < -0.39 is 0 Å².